The highest BCUT2D eigenvalue weighted by Gasteiger charge is 2.10. The Labute approximate surface area is 91.4 Å². The van der Waals surface area contributed by atoms with Gasteiger partial charge in [0.05, 0.1) is 0 Å². The lowest BCUT2D eigenvalue weighted by Crippen LogP contribution is -1.92. The molecule has 0 aliphatic carbocycles. The summed E-state index contributed by atoms with van der Waals surface area (Å²) in [4.78, 5) is 10.7. The number of furan rings is 1. The maximum absolute atomic E-state index is 10.7. The van der Waals surface area contributed by atoms with Gasteiger partial charge in [0.15, 0.2) is 0 Å². The fourth-order valence-corrected chi connectivity index (χ4v) is 1.34. The number of rotatable bonds is 3. The minimum absolute atomic E-state index is 0.0934. The van der Waals surface area contributed by atoms with E-state index < -0.39 is 5.97 Å². The van der Waals surface area contributed by atoms with Crippen molar-refractivity contribution in [2.24, 2.45) is 0 Å². The molecule has 4 nitrogen and oxygen atoms in total. The van der Waals surface area contributed by atoms with Crippen LogP contribution in [0.2, 0.25) is 0 Å². The maximum Gasteiger partial charge on any atom is 0.371 e. The Morgan fingerprint density at radius 1 is 1.50 bits per heavy atom. The van der Waals surface area contributed by atoms with Crippen LogP contribution in [0.3, 0.4) is 0 Å². The fraction of sp³-hybridized carbons (Fsp3) is 0.0833. The molecule has 4 heteroatoms. The number of ether oxygens (including phenoxy) is 1. The fourth-order valence-electron chi connectivity index (χ4n) is 1.34. The van der Waals surface area contributed by atoms with Crippen molar-refractivity contribution in [2.75, 3.05) is 6.61 Å². The van der Waals surface area contributed by atoms with Crippen LogP contribution < -0.4 is 4.74 Å². The predicted octanol–water partition coefficient (Wildman–Crippen LogP) is 2.14. The van der Waals surface area contributed by atoms with Gasteiger partial charge < -0.3 is 14.3 Å². The number of hydrogen-bond acceptors (Lipinski definition) is 3. The van der Waals surface area contributed by atoms with Crippen molar-refractivity contribution < 1.29 is 19.1 Å². The molecule has 0 aliphatic heterocycles. The highest BCUT2D eigenvalue weighted by Crippen LogP contribution is 2.24. The number of aromatic carboxylic acids is 1. The molecule has 0 saturated carbocycles. The molecule has 2 aromatic rings. The van der Waals surface area contributed by atoms with E-state index in [1.807, 2.05) is 0 Å². The molecule has 0 spiro atoms. The van der Waals surface area contributed by atoms with E-state index >= 15 is 0 Å². The van der Waals surface area contributed by atoms with Crippen molar-refractivity contribution in [3.63, 3.8) is 0 Å². The zero-order chi connectivity index (χ0) is 11.5. The molecule has 1 heterocycles. The lowest BCUT2D eigenvalue weighted by molar-refractivity contribution is 0.0665. The second kappa shape index (κ2) is 3.99. The van der Waals surface area contributed by atoms with Crippen LogP contribution in [0.25, 0.3) is 11.0 Å². The molecule has 0 unspecified atom stereocenters. The molecule has 0 fully saturated rings. The first kappa shape index (κ1) is 10.1. The average Bonchev–Trinajstić information content (AvgIpc) is 2.69. The maximum atomic E-state index is 10.7. The number of carboxylic acid groups (broad SMARTS) is 1. The SMILES string of the molecule is C#CCOc1ccc2oc(C(=O)O)cc2c1. The molecule has 16 heavy (non-hydrogen) atoms. The quantitative estimate of drug-likeness (QED) is 0.798. The molecule has 0 radical (unpaired) electrons. The van der Waals surface area contributed by atoms with E-state index in [-0.39, 0.29) is 12.4 Å². The van der Waals surface area contributed by atoms with Gasteiger partial charge >= 0.3 is 5.97 Å². The van der Waals surface area contributed by atoms with Crippen LogP contribution in [0.1, 0.15) is 10.6 Å². The largest absolute Gasteiger partial charge is 0.481 e. The van der Waals surface area contributed by atoms with E-state index in [4.69, 9.17) is 20.7 Å². The van der Waals surface area contributed by atoms with Gasteiger partial charge in [-0.25, -0.2) is 4.79 Å². The van der Waals surface area contributed by atoms with Gasteiger partial charge in [0.25, 0.3) is 0 Å². The van der Waals surface area contributed by atoms with Crippen molar-refractivity contribution in [1.29, 1.82) is 0 Å². The van der Waals surface area contributed by atoms with Crippen LogP contribution in [0.15, 0.2) is 28.7 Å². The highest BCUT2D eigenvalue weighted by atomic mass is 16.5. The smallest absolute Gasteiger partial charge is 0.371 e. The zero-order valence-corrected chi connectivity index (χ0v) is 8.27. The van der Waals surface area contributed by atoms with E-state index in [2.05, 4.69) is 5.92 Å². The van der Waals surface area contributed by atoms with Crippen LogP contribution in [0.4, 0.5) is 0 Å². The van der Waals surface area contributed by atoms with E-state index in [0.717, 1.165) is 0 Å². The Balaban J connectivity index is 2.38. The highest BCUT2D eigenvalue weighted by molar-refractivity contribution is 5.91. The van der Waals surface area contributed by atoms with Crippen LogP contribution in [-0.4, -0.2) is 17.7 Å². The van der Waals surface area contributed by atoms with Crippen molar-refractivity contribution in [3.8, 4) is 18.1 Å². The summed E-state index contributed by atoms with van der Waals surface area (Å²) in [7, 11) is 0. The molecule has 1 N–H and O–H groups in total. The Kier molecular flexibility index (Phi) is 2.52. The van der Waals surface area contributed by atoms with Gasteiger partial charge in [-0.2, -0.15) is 0 Å². The van der Waals surface area contributed by atoms with Crippen molar-refractivity contribution in [2.45, 2.75) is 0 Å². The van der Waals surface area contributed by atoms with Crippen molar-refractivity contribution >= 4 is 16.9 Å². The Morgan fingerprint density at radius 2 is 2.31 bits per heavy atom. The standard InChI is InChI=1S/C12H8O4/c1-2-5-15-9-3-4-10-8(6-9)7-11(16-10)12(13)14/h1,3-4,6-7H,5H2,(H,13,14). The Morgan fingerprint density at radius 3 is 3.00 bits per heavy atom. The molecular weight excluding hydrogens is 208 g/mol. The van der Waals surface area contributed by atoms with Crippen LogP contribution in [-0.2, 0) is 0 Å². The molecule has 0 amide bonds. The van der Waals surface area contributed by atoms with Crippen LogP contribution >= 0.6 is 0 Å². The lowest BCUT2D eigenvalue weighted by Gasteiger charge is -2.00. The summed E-state index contributed by atoms with van der Waals surface area (Å²) < 4.78 is 10.3. The van der Waals surface area contributed by atoms with Crippen molar-refractivity contribution in [3.05, 3.63) is 30.0 Å². The van der Waals surface area contributed by atoms with E-state index in [0.29, 0.717) is 16.7 Å². The number of terminal acetylenes is 1. The summed E-state index contributed by atoms with van der Waals surface area (Å²) in [5, 5.41) is 9.42. The molecule has 0 atom stereocenters. The first-order valence-electron chi connectivity index (χ1n) is 4.54. The Bertz CT molecular complexity index is 574. The normalized spacial score (nSPS) is 9.94. The summed E-state index contributed by atoms with van der Waals surface area (Å²) >= 11 is 0. The summed E-state index contributed by atoms with van der Waals surface area (Å²) in [6, 6.07) is 6.45. The molecule has 0 bridgehead atoms. The first-order valence-corrected chi connectivity index (χ1v) is 4.54. The number of hydrogen-bond donors (Lipinski definition) is 1. The topological polar surface area (TPSA) is 59.7 Å². The minimum atomic E-state index is -1.10. The van der Waals surface area contributed by atoms with Gasteiger partial charge in [-0.1, -0.05) is 5.92 Å². The van der Waals surface area contributed by atoms with E-state index in [9.17, 15) is 4.79 Å². The van der Waals surface area contributed by atoms with Gasteiger partial charge in [-0.05, 0) is 24.3 Å². The van der Waals surface area contributed by atoms with Gasteiger partial charge in [-0.15, -0.1) is 6.42 Å². The van der Waals surface area contributed by atoms with Gasteiger partial charge in [0, 0.05) is 5.39 Å². The van der Waals surface area contributed by atoms with Crippen LogP contribution in [0.5, 0.6) is 5.75 Å². The number of benzene rings is 1. The van der Waals surface area contributed by atoms with Gasteiger partial charge in [0.1, 0.15) is 17.9 Å². The molecular formula is C12H8O4. The number of fused-ring (bicyclic) bond motifs is 1. The summed E-state index contributed by atoms with van der Waals surface area (Å²) in [5.74, 6) is 1.75. The second-order valence-corrected chi connectivity index (χ2v) is 3.11. The predicted molar refractivity (Wildman–Crippen MR) is 57.5 cm³/mol. The molecule has 1 aromatic carbocycles. The molecule has 0 aliphatic rings. The molecule has 0 saturated heterocycles. The summed E-state index contributed by atoms with van der Waals surface area (Å²) in [5.41, 5.74) is 0.505. The average molecular weight is 216 g/mol. The number of carbonyl (C=O) groups is 1. The zero-order valence-electron chi connectivity index (χ0n) is 8.27. The van der Waals surface area contributed by atoms with Crippen molar-refractivity contribution in [1.82, 2.24) is 0 Å². The first-order chi connectivity index (χ1) is 7.70. The summed E-state index contributed by atoms with van der Waals surface area (Å²) in [6.45, 7) is 0.176. The van der Waals surface area contributed by atoms with Gasteiger partial charge in [0.2, 0.25) is 5.76 Å². The third-order valence-corrected chi connectivity index (χ3v) is 2.02. The Hall–Kier alpha value is -2.41. The third-order valence-electron chi connectivity index (χ3n) is 2.02. The number of carboxylic acids is 1. The third kappa shape index (κ3) is 1.84. The van der Waals surface area contributed by atoms with Gasteiger partial charge in [-0.3, -0.25) is 0 Å². The lowest BCUT2D eigenvalue weighted by atomic mass is 10.2. The summed E-state index contributed by atoms with van der Waals surface area (Å²) in [6.07, 6.45) is 5.06. The van der Waals surface area contributed by atoms with E-state index in [1.165, 1.54) is 6.07 Å². The minimum Gasteiger partial charge on any atom is -0.481 e. The molecule has 2 rings (SSSR count). The monoisotopic (exact) mass is 216 g/mol. The molecule has 80 valence electrons. The van der Waals surface area contributed by atoms with Crippen LogP contribution in [0, 0.1) is 12.3 Å². The second-order valence-electron chi connectivity index (χ2n) is 3.11. The van der Waals surface area contributed by atoms with E-state index in [1.54, 1.807) is 18.2 Å². The molecule has 1 aromatic heterocycles.